The van der Waals surface area contributed by atoms with Crippen molar-refractivity contribution in [3.63, 3.8) is 0 Å². The second-order valence-electron chi connectivity index (χ2n) is 7.85. The third-order valence-corrected chi connectivity index (χ3v) is 5.35. The van der Waals surface area contributed by atoms with Crippen molar-refractivity contribution < 1.29 is 4.79 Å². The largest absolute Gasteiger partial charge is 0.356 e. The third kappa shape index (κ3) is 4.47. The average Bonchev–Trinajstić information content (AvgIpc) is 2.45. The molecule has 0 bridgehead atoms. The van der Waals surface area contributed by atoms with Crippen LogP contribution in [0.3, 0.4) is 0 Å². The standard InChI is InChI=1S/C17H32N2O/c1-17(2,3)15-6-4-14(5-7-15)16(20)19-12-13-8-10-18-11-9-13/h13-15,18H,4-12H2,1-3H3,(H,19,20). The molecule has 1 saturated heterocycles. The molecule has 0 atom stereocenters. The van der Waals surface area contributed by atoms with E-state index in [1.165, 1.54) is 25.7 Å². The first-order valence-electron chi connectivity index (χ1n) is 8.45. The Kier molecular flexibility index (Phi) is 5.48. The fraction of sp³-hybridized carbons (Fsp3) is 0.941. The molecular weight excluding hydrogens is 248 g/mol. The van der Waals surface area contributed by atoms with Gasteiger partial charge < -0.3 is 10.6 Å². The van der Waals surface area contributed by atoms with Gasteiger partial charge in [-0.15, -0.1) is 0 Å². The van der Waals surface area contributed by atoms with Crippen LogP contribution in [0.5, 0.6) is 0 Å². The lowest BCUT2D eigenvalue weighted by atomic mass is 9.69. The second kappa shape index (κ2) is 6.93. The van der Waals surface area contributed by atoms with Gasteiger partial charge in [-0.2, -0.15) is 0 Å². The molecule has 2 rings (SSSR count). The first kappa shape index (κ1) is 15.8. The van der Waals surface area contributed by atoms with E-state index < -0.39 is 0 Å². The Morgan fingerprint density at radius 3 is 2.20 bits per heavy atom. The van der Waals surface area contributed by atoms with E-state index in [4.69, 9.17) is 0 Å². The summed E-state index contributed by atoms with van der Waals surface area (Å²) in [5.41, 5.74) is 0.399. The van der Waals surface area contributed by atoms with Gasteiger partial charge in [0.05, 0.1) is 0 Å². The molecule has 1 aliphatic heterocycles. The van der Waals surface area contributed by atoms with Gasteiger partial charge in [-0.1, -0.05) is 20.8 Å². The molecule has 2 aliphatic rings. The fourth-order valence-electron chi connectivity index (χ4n) is 3.70. The minimum atomic E-state index is 0.273. The van der Waals surface area contributed by atoms with E-state index in [2.05, 4.69) is 31.4 Å². The second-order valence-corrected chi connectivity index (χ2v) is 7.85. The summed E-state index contributed by atoms with van der Waals surface area (Å²) in [6, 6.07) is 0. The van der Waals surface area contributed by atoms with Crippen molar-refractivity contribution in [2.75, 3.05) is 19.6 Å². The minimum absolute atomic E-state index is 0.273. The Bertz CT molecular complexity index is 307. The molecule has 2 N–H and O–H groups in total. The SMILES string of the molecule is CC(C)(C)C1CCC(C(=O)NCC2CCNCC2)CC1. The number of carbonyl (C=O) groups is 1. The first-order chi connectivity index (χ1) is 9.47. The van der Waals surface area contributed by atoms with E-state index in [1.807, 2.05) is 0 Å². The molecule has 3 nitrogen and oxygen atoms in total. The van der Waals surface area contributed by atoms with Crippen molar-refractivity contribution in [2.45, 2.75) is 59.3 Å². The highest BCUT2D eigenvalue weighted by Gasteiger charge is 2.32. The van der Waals surface area contributed by atoms with E-state index in [9.17, 15) is 4.79 Å². The monoisotopic (exact) mass is 280 g/mol. The predicted molar refractivity (Wildman–Crippen MR) is 83.5 cm³/mol. The van der Waals surface area contributed by atoms with Crippen LogP contribution < -0.4 is 10.6 Å². The van der Waals surface area contributed by atoms with E-state index in [0.29, 0.717) is 17.2 Å². The molecule has 0 aromatic heterocycles. The Morgan fingerprint density at radius 1 is 1.05 bits per heavy atom. The molecule has 0 aromatic rings. The van der Waals surface area contributed by atoms with Crippen LogP contribution in [0.25, 0.3) is 0 Å². The number of piperidine rings is 1. The van der Waals surface area contributed by atoms with Crippen molar-refractivity contribution in [1.82, 2.24) is 10.6 Å². The predicted octanol–water partition coefficient (Wildman–Crippen LogP) is 2.95. The number of rotatable bonds is 3. The molecule has 20 heavy (non-hydrogen) atoms. The summed E-state index contributed by atoms with van der Waals surface area (Å²) in [7, 11) is 0. The smallest absolute Gasteiger partial charge is 0.223 e. The molecule has 1 amide bonds. The topological polar surface area (TPSA) is 41.1 Å². The van der Waals surface area contributed by atoms with Crippen molar-refractivity contribution in [3.8, 4) is 0 Å². The van der Waals surface area contributed by atoms with Crippen LogP contribution in [0.15, 0.2) is 0 Å². The van der Waals surface area contributed by atoms with Gasteiger partial charge in [0.15, 0.2) is 0 Å². The van der Waals surface area contributed by atoms with Crippen LogP contribution in [0.4, 0.5) is 0 Å². The lowest BCUT2D eigenvalue weighted by Gasteiger charge is -2.36. The van der Waals surface area contributed by atoms with Gasteiger partial charge in [-0.3, -0.25) is 4.79 Å². The quantitative estimate of drug-likeness (QED) is 0.834. The van der Waals surface area contributed by atoms with Crippen LogP contribution in [-0.4, -0.2) is 25.5 Å². The van der Waals surface area contributed by atoms with Gasteiger partial charge in [0.1, 0.15) is 0 Å². The summed E-state index contributed by atoms with van der Waals surface area (Å²) in [4.78, 5) is 12.3. The summed E-state index contributed by atoms with van der Waals surface area (Å²) in [6.07, 6.45) is 7.01. The average molecular weight is 280 g/mol. The highest BCUT2D eigenvalue weighted by molar-refractivity contribution is 5.78. The summed E-state index contributed by atoms with van der Waals surface area (Å²) in [5.74, 6) is 2.06. The summed E-state index contributed by atoms with van der Waals surface area (Å²) in [6.45, 7) is 10.1. The zero-order valence-corrected chi connectivity index (χ0v) is 13.5. The van der Waals surface area contributed by atoms with Crippen LogP contribution in [0.2, 0.25) is 0 Å². The fourth-order valence-corrected chi connectivity index (χ4v) is 3.70. The molecule has 1 saturated carbocycles. The van der Waals surface area contributed by atoms with Gasteiger partial charge in [0.2, 0.25) is 5.91 Å². The van der Waals surface area contributed by atoms with Gasteiger partial charge in [0, 0.05) is 12.5 Å². The molecule has 0 radical (unpaired) electrons. The van der Waals surface area contributed by atoms with E-state index in [0.717, 1.165) is 38.4 Å². The molecule has 0 aromatic carbocycles. The number of hydrogen-bond acceptors (Lipinski definition) is 2. The maximum atomic E-state index is 12.3. The maximum absolute atomic E-state index is 12.3. The van der Waals surface area contributed by atoms with E-state index in [-0.39, 0.29) is 5.92 Å². The van der Waals surface area contributed by atoms with Crippen molar-refractivity contribution in [1.29, 1.82) is 0 Å². The highest BCUT2D eigenvalue weighted by Crippen LogP contribution is 2.39. The number of amides is 1. The Hall–Kier alpha value is -0.570. The zero-order valence-electron chi connectivity index (χ0n) is 13.5. The highest BCUT2D eigenvalue weighted by atomic mass is 16.1. The lowest BCUT2D eigenvalue weighted by Crippen LogP contribution is -2.40. The Balaban J connectivity index is 1.69. The number of carbonyl (C=O) groups excluding carboxylic acids is 1. The van der Waals surface area contributed by atoms with E-state index in [1.54, 1.807) is 0 Å². The Labute approximate surface area is 124 Å². The van der Waals surface area contributed by atoms with Crippen LogP contribution in [-0.2, 0) is 4.79 Å². The molecule has 116 valence electrons. The molecule has 0 spiro atoms. The minimum Gasteiger partial charge on any atom is -0.356 e. The normalized spacial score (nSPS) is 29.1. The van der Waals surface area contributed by atoms with E-state index >= 15 is 0 Å². The van der Waals surface area contributed by atoms with Gasteiger partial charge >= 0.3 is 0 Å². The molecule has 2 fully saturated rings. The molecule has 3 heteroatoms. The van der Waals surface area contributed by atoms with Crippen LogP contribution in [0, 0.1) is 23.2 Å². The maximum Gasteiger partial charge on any atom is 0.223 e. The van der Waals surface area contributed by atoms with Gasteiger partial charge in [0.25, 0.3) is 0 Å². The zero-order chi connectivity index (χ0) is 14.6. The molecule has 0 unspecified atom stereocenters. The molecule has 1 aliphatic carbocycles. The van der Waals surface area contributed by atoms with Gasteiger partial charge in [-0.25, -0.2) is 0 Å². The first-order valence-corrected chi connectivity index (χ1v) is 8.45. The van der Waals surface area contributed by atoms with Crippen LogP contribution in [0.1, 0.15) is 59.3 Å². The molecule has 1 heterocycles. The number of nitrogens with one attached hydrogen (secondary N) is 2. The van der Waals surface area contributed by atoms with Crippen LogP contribution >= 0.6 is 0 Å². The van der Waals surface area contributed by atoms with Crippen molar-refractivity contribution >= 4 is 5.91 Å². The summed E-state index contributed by atoms with van der Waals surface area (Å²) in [5, 5.41) is 6.58. The van der Waals surface area contributed by atoms with Crippen molar-refractivity contribution in [3.05, 3.63) is 0 Å². The lowest BCUT2D eigenvalue weighted by molar-refractivity contribution is -0.126. The summed E-state index contributed by atoms with van der Waals surface area (Å²) < 4.78 is 0. The Morgan fingerprint density at radius 2 is 1.65 bits per heavy atom. The number of hydrogen-bond donors (Lipinski definition) is 2. The molecular formula is C17H32N2O. The van der Waals surface area contributed by atoms with Gasteiger partial charge in [-0.05, 0) is 68.9 Å². The third-order valence-electron chi connectivity index (χ3n) is 5.35. The summed E-state index contributed by atoms with van der Waals surface area (Å²) >= 11 is 0. The van der Waals surface area contributed by atoms with Crippen molar-refractivity contribution in [2.24, 2.45) is 23.2 Å².